The summed E-state index contributed by atoms with van der Waals surface area (Å²) in [6.07, 6.45) is 8.57. The van der Waals surface area contributed by atoms with Crippen LogP contribution >= 0.6 is 0 Å². The van der Waals surface area contributed by atoms with E-state index in [4.69, 9.17) is 0 Å². The van der Waals surface area contributed by atoms with Crippen molar-refractivity contribution in [3.05, 3.63) is 28.7 Å². The van der Waals surface area contributed by atoms with Crippen LogP contribution in [-0.4, -0.2) is 64.6 Å². The highest BCUT2D eigenvalue weighted by Crippen LogP contribution is 2.21. The van der Waals surface area contributed by atoms with E-state index in [1.54, 1.807) is 10.8 Å². The lowest BCUT2D eigenvalue weighted by Gasteiger charge is -2.33. The number of rotatable bonds is 6. The van der Waals surface area contributed by atoms with Gasteiger partial charge in [0.05, 0.1) is 5.92 Å². The molecule has 2 aliphatic heterocycles. The molecule has 1 atom stereocenters. The number of hydrogen-bond donors (Lipinski definition) is 1. The van der Waals surface area contributed by atoms with Crippen LogP contribution in [0, 0.1) is 5.92 Å². The number of carbonyl (C=O) groups excluding carboxylic acids is 1. The monoisotopic (exact) mass is 426 g/mol. The molecule has 2 fully saturated rings. The lowest BCUT2D eigenvalue weighted by Crippen LogP contribution is -2.46. The molecule has 2 saturated heterocycles. The number of aromatic nitrogens is 3. The Morgan fingerprint density at radius 1 is 1.16 bits per heavy atom. The number of aryl methyl sites for hydroxylation is 1. The molecule has 0 aromatic carbocycles. The van der Waals surface area contributed by atoms with Gasteiger partial charge in [-0.25, -0.2) is 9.97 Å². The summed E-state index contributed by atoms with van der Waals surface area (Å²) >= 11 is 0. The quantitative estimate of drug-likeness (QED) is 0.761. The first-order valence-corrected chi connectivity index (χ1v) is 11.8. The van der Waals surface area contributed by atoms with Crippen LogP contribution in [-0.2, 0) is 11.3 Å². The van der Waals surface area contributed by atoms with Gasteiger partial charge in [-0.05, 0) is 57.8 Å². The van der Waals surface area contributed by atoms with E-state index in [2.05, 4.69) is 20.2 Å². The van der Waals surface area contributed by atoms with Crippen LogP contribution in [0.15, 0.2) is 23.1 Å². The maximum Gasteiger partial charge on any atom is 0.295 e. The minimum Gasteiger partial charge on any atom is -0.355 e. The topological polar surface area (TPSA) is 83.4 Å². The summed E-state index contributed by atoms with van der Waals surface area (Å²) < 4.78 is 1.67. The van der Waals surface area contributed by atoms with Crippen molar-refractivity contribution in [2.75, 3.05) is 44.2 Å². The molecule has 2 aliphatic rings. The fourth-order valence-electron chi connectivity index (χ4n) is 4.79. The summed E-state index contributed by atoms with van der Waals surface area (Å²) in [5.41, 5.74) is 1.19. The molecule has 2 aromatic rings. The fraction of sp³-hybridized carbons (Fsp3) is 0.652. The first-order valence-electron chi connectivity index (χ1n) is 11.8. The largest absolute Gasteiger partial charge is 0.355 e. The molecular weight excluding hydrogens is 392 g/mol. The van der Waals surface area contributed by atoms with Crippen molar-refractivity contribution in [1.82, 2.24) is 24.8 Å². The third kappa shape index (κ3) is 5.06. The van der Waals surface area contributed by atoms with Crippen molar-refractivity contribution in [2.24, 2.45) is 5.92 Å². The molecule has 8 nitrogen and oxygen atoms in total. The van der Waals surface area contributed by atoms with Gasteiger partial charge in [0.1, 0.15) is 5.52 Å². The van der Waals surface area contributed by atoms with Gasteiger partial charge in [-0.1, -0.05) is 12.8 Å². The van der Waals surface area contributed by atoms with Gasteiger partial charge in [0.25, 0.3) is 5.56 Å². The van der Waals surface area contributed by atoms with Crippen LogP contribution in [0.1, 0.15) is 45.4 Å². The van der Waals surface area contributed by atoms with Gasteiger partial charge < -0.3 is 15.1 Å². The van der Waals surface area contributed by atoms with Crippen LogP contribution in [0.25, 0.3) is 11.2 Å². The Hall–Kier alpha value is -2.48. The SMILES string of the molecule is CCn1c(=O)c(N2CCCC(C(=O)NCCN3CCCCCC3)C2)nc2cccnc21. The zero-order chi connectivity index (χ0) is 21.6. The van der Waals surface area contributed by atoms with Gasteiger partial charge in [-0.3, -0.25) is 14.2 Å². The molecular formula is C23H34N6O2. The third-order valence-corrected chi connectivity index (χ3v) is 6.52. The zero-order valence-corrected chi connectivity index (χ0v) is 18.6. The van der Waals surface area contributed by atoms with Crippen molar-refractivity contribution in [1.29, 1.82) is 0 Å². The van der Waals surface area contributed by atoms with Crippen molar-refractivity contribution in [3.8, 4) is 0 Å². The molecule has 1 unspecified atom stereocenters. The second-order valence-electron chi connectivity index (χ2n) is 8.66. The Morgan fingerprint density at radius 3 is 2.74 bits per heavy atom. The number of piperidine rings is 1. The van der Waals surface area contributed by atoms with Gasteiger partial charge >= 0.3 is 0 Å². The molecule has 31 heavy (non-hydrogen) atoms. The van der Waals surface area contributed by atoms with E-state index >= 15 is 0 Å². The highest BCUT2D eigenvalue weighted by Gasteiger charge is 2.28. The van der Waals surface area contributed by atoms with Gasteiger partial charge in [0, 0.05) is 38.9 Å². The van der Waals surface area contributed by atoms with Crippen LogP contribution in [0.5, 0.6) is 0 Å². The number of fused-ring (bicyclic) bond motifs is 1. The van der Waals surface area contributed by atoms with Gasteiger partial charge in [0.15, 0.2) is 11.5 Å². The predicted octanol–water partition coefficient (Wildman–Crippen LogP) is 2.02. The highest BCUT2D eigenvalue weighted by molar-refractivity contribution is 5.79. The number of nitrogens with zero attached hydrogens (tertiary/aromatic N) is 5. The molecule has 0 bridgehead atoms. The van der Waals surface area contributed by atoms with E-state index in [1.807, 2.05) is 24.0 Å². The molecule has 0 aliphatic carbocycles. The number of anilines is 1. The van der Waals surface area contributed by atoms with Crippen molar-refractivity contribution in [2.45, 2.75) is 52.0 Å². The van der Waals surface area contributed by atoms with Gasteiger partial charge in [-0.15, -0.1) is 0 Å². The van der Waals surface area contributed by atoms with E-state index in [9.17, 15) is 9.59 Å². The summed E-state index contributed by atoms with van der Waals surface area (Å²) in [4.78, 5) is 39.3. The lowest BCUT2D eigenvalue weighted by molar-refractivity contribution is -0.125. The molecule has 2 aromatic heterocycles. The van der Waals surface area contributed by atoms with Gasteiger partial charge in [-0.2, -0.15) is 0 Å². The fourth-order valence-corrected chi connectivity index (χ4v) is 4.79. The Morgan fingerprint density at radius 2 is 1.97 bits per heavy atom. The molecule has 1 N–H and O–H groups in total. The summed E-state index contributed by atoms with van der Waals surface area (Å²) in [5.74, 6) is 0.418. The molecule has 4 heterocycles. The Kier molecular flexibility index (Phi) is 7.17. The van der Waals surface area contributed by atoms with Crippen LogP contribution < -0.4 is 15.8 Å². The first-order chi connectivity index (χ1) is 15.2. The minimum absolute atomic E-state index is 0.0952. The van der Waals surface area contributed by atoms with E-state index in [0.29, 0.717) is 36.6 Å². The number of carbonyl (C=O) groups is 1. The molecule has 0 radical (unpaired) electrons. The van der Waals surface area contributed by atoms with E-state index in [1.165, 1.54) is 25.7 Å². The number of pyridine rings is 1. The summed E-state index contributed by atoms with van der Waals surface area (Å²) in [6, 6.07) is 3.72. The smallest absolute Gasteiger partial charge is 0.295 e. The number of likely N-dealkylation sites (tertiary alicyclic amines) is 1. The van der Waals surface area contributed by atoms with Crippen LogP contribution in [0.2, 0.25) is 0 Å². The van der Waals surface area contributed by atoms with E-state index in [0.717, 1.165) is 39.0 Å². The molecule has 168 valence electrons. The number of nitrogens with one attached hydrogen (secondary N) is 1. The van der Waals surface area contributed by atoms with E-state index < -0.39 is 0 Å². The molecule has 0 saturated carbocycles. The van der Waals surface area contributed by atoms with Crippen LogP contribution in [0.4, 0.5) is 5.82 Å². The van der Waals surface area contributed by atoms with Crippen molar-refractivity contribution >= 4 is 22.9 Å². The maximum atomic E-state index is 13.1. The maximum absolute atomic E-state index is 13.1. The highest BCUT2D eigenvalue weighted by atomic mass is 16.2. The van der Waals surface area contributed by atoms with E-state index in [-0.39, 0.29) is 17.4 Å². The molecule has 4 rings (SSSR count). The molecule has 8 heteroatoms. The summed E-state index contributed by atoms with van der Waals surface area (Å²) in [5, 5.41) is 3.14. The Balaban J connectivity index is 1.41. The Labute approximate surface area is 183 Å². The predicted molar refractivity (Wildman–Crippen MR) is 122 cm³/mol. The second-order valence-corrected chi connectivity index (χ2v) is 8.66. The average molecular weight is 427 g/mol. The minimum atomic E-state index is -0.129. The molecule has 1 amide bonds. The number of hydrogen-bond acceptors (Lipinski definition) is 6. The summed E-state index contributed by atoms with van der Waals surface area (Å²) in [7, 11) is 0. The van der Waals surface area contributed by atoms with Crippen molar-refractivity contribution < 1.29 is 4.79 Å². The van der Waals surface area contributed by atoms with Crippen molar-refractivity contribution in [3.63, 3.8) is 0 Å². The first kappa shape index (κ1) is 21.7. The second kappa shape index (κ2) is 10.2. The average Bonchev–Trinajstić information content (AvgIpc) is 3.07. The zero-order valence-electron chi connectivity index (χ0n) is 18.6. The lowest BCUT2D eigenvalue weighted by atomic mass is 9.97. The standard InChI is InChI=1S/C23H34N6O2/c1-2-29-20-19(10-7-11-24-20)26-21(23(29)31)28-15-8-9-18(17-28)22(30)25-12-16-27-13-5-3-4-6-14-27/h7,10-11,18H,2-6,8-9,12-17H2,1H3,(H,25,30). The summed E-state index contributed by atoms with van der Waals surface area (Å²) in [6.45, 7) is 7.65. The molecule has 0 spiro atoms. The van der Waals surface area contributed by atoms with Gasteiger partial charge in [0.2, 0.25) is 5.91 Å². The normalized spacial score (nSPS) is 20.5. The third-order valence-electron chi connectivity index (χ3n) is 6.52. The number of amides is 1. The van der Waals surface area contributed by atoms with Crippen LogP contribution in [0.3, 0.4) is 0 Å². The Bertz CT molecular complexity index is 951.